The van der Waals surface area contributed by atoms with Gasteiger partial charge in [-0.15, -0.1) is 0 Å². The lowest BCUT2D eigenvalue weighted by atomic mass is 9.93. The van der Waals surface area contributed by atoms with Crippen LogP contribution in [-0.2, 0) is 4.79 Å². The number of amides is 1. The maximum atomic E-state index is 11.4. The molecule has 0 aromatic rings. The first-order valence-electron chi connectivity index (χ1n) is 5.87. The van der Waals surface area contributed by atoms with Crippen molar-refractivity contribution in [1.82, 2.24) is 10.6 Å². The van der Waals surface area contributed by atoms with Crippen molar-refractivity contribution in [2.24, 2.45) is 0 Å². The van der Waals surface area contributed by atoms with Crippen LogP contribution in [0, 0.1) is 0 Å². The summed E-state index contributed by atoms with van der Waals surface area (Å²) in [4.78, 5) is 11.4. The maximum absolute atomic E-state index is 11.4. The summed E-state index contributed by atoms with van der Waals surface area (Å²) < 4.78 is 0. The highest BCUT2D eigenvalue weighted by Gasteiger charge is 2.20. The molecule has 0 aliphatic heterocycles. The van der Waals surface area contributed by atoms with E-state index in [1.54, 1.807) is 0 Å². The fraction of sp³-hybridized carbons (Fsp3) is 0.909. The van der Waals surface area contributed by atoms with Crippen molar-refractivity contribution in [1.29, 1.82) is 0 Å². The van der Waals surface area contributed by atoms with Crippen molar-refractivity contribution in [2.45, 2.75) is 57.0 Å². The molecular weight excluding hydrogens is 176 g/mol. The molecule has 1 amide bonds. The molecule has 0 heterocycles. The number of hydrogen-bond acceptors (Lipinski definition) is 2. The molecule has 2 fully saturated rings. The molecule has 2 N–H and O–H groups in total. The molecule has 0 unspecified atom stereocenters. The Kier molecular flexibility index (Phi) is 3.40. The maximum Gasteiger partial charge on any atom is 0.234 e. The molecule has 0 radical (unpaired) electrons. The van der Waals surface area contributed by atoms with E-state index in [0.29, 0.717) is 18.6 Å². The van der Waals surface area contributed by atoms with Crippen LogP contribution >= 0.6 is 0 Å². The first-order valence-corrected chi connectivity index (χ1v) is 5.87. The number of carbonyl (C=O) groups excluding carboxylic acids is 1. The van der Waals surface area contributed by atoms with E-state index in [4.69, 9.17) is 0 Å². The second kappa shape index (κ2) is 4.78. The Morgan fingerprint density at radius 3 is 2.21 bits per heavy atom. The van der Waals surface area contributed by atoms with Gasteiger partial charge < -0.3 is 10.6 Å². The normalized spacial score (nSPS) is 23.4. The van der Waals surface area contributed by atoms with Gasteiger partial charge in [0, 0.05) is 12.1 Å². The third kappa shape index (κ3) is 2.71. The summed E-state index contributed by atoms with van der Waals surface area (Å²) in [6.07, 6.45) is 8.77. The monoisotopic (exact) mass is 196 g/mol. The van der Waals surface area contributed by atoms with E-state index < -0.39 is 0 Å². The van der Waals surface area contributed by atoms with Crippen molar-refractivity contribution in [3.8, 4) is 0 Å². The Morgan fingerprint density at radius 2 is 1.64 bits per heavy atom. The number of carbonyl (C=O) groups is 1. The molecule has 2 aliphatic rings. The topological polar surface area (TPSA) is 41.1 Å². The van der Waals surface area contributed by atoms with E-state index in [2.05, 4.69) is 10.6 Å². The minimum atomic E-state index is 0.182. The fourth-order valence-corrected chi connectivity index (χ4v) is 2.20. The number of rotatable bonds is 4. The van der Waals surface area contributed by atoms with Crippen molar-refractivity contribution in [2.75, 3.05) is 6.54 Å². The number of nitrogens with one attached hydrogen (secondary N) is 2. The molecule has 2 rings (SSSR count). The van der Waals surface area contributed by atoms with Crippen LogP contribution in [0.4, 0.5) is 0 Å². The number of hydrogen-bond donors (Lipinski definition) is 2. The molecule has 3 heteroatoms. The minimum absolute atomic E-state index is 0.182. The molecule has 2 saturated carbocycles. The summed E-state index contributed by atoms with van der Waals surface area (Å²) in [5.41, 5.74) is 0. The third-order valence-corrected chi connectivity index (χ3v) is 3.38. The predicted molar refractivity (Wildman–Crippen MR) is 56.0 cm³/mol. The first kappa shape index (κ1) is 9.97. The zero-order valence-electron chi connectivity index (χ0n) is 8.72. The zero-order valence-corrected chi connectivity index (χ0v) is 8.72. The molecule has 3 nitrogen and oxygen atoms in total. The van der Waals surface area contributed by atoms with Gasteiger partial charge in [0.15, 0.2) is 0 Å². The molecule has 0 atom stereocenters. The SMILES string of the molecule is O=C(CNC1CCCC1)NC1CCC1. The van der Waals surface area contributed by atoms with Gasteiger partial charge in [-0.25, -0.2) is 0 Å². The van der Waals surface area contributed by atoms with Gasteiger partial charge in [0.2, 0.25) is 5.91 Å². The molecule has 2 aliphatic carbocycles. The third-order valence-electron chi connectivity index (χ3n) is 3.38. The Morgan fingerprint density at radius 1 is 1.00 bits per heavy atom. The van der Waals surface area contributed by atoms with E-state index in [1.807, 2.05) is 0 Å². The van der Waals surface area contributed by atoms with Crippen LogP contribution in [0.15, 0.2) is 0 Å². The highest BCUT2D eigenvalue weighted by molar-refractivity contribution is 5.78. The fourth-order valence-electron chi connectivity index (χ4n) is 2.20. The Labute approximate surface area is 85.6 Å². The van der Waals surface area contributed by atoms with Gasteiger partial charge >= 0.3 is 0 Å². The van der Waals surface area contributed by atoms with Gasteiger partial charge in [0.25, 0.3) is 0 Å². The summed E-state index contributed by atoms with van der Waals surface area (Å²) in [5, 5.41) is 6.36. The smallest absolute Gasteiger partial charge is 0.234 e. The van der Waals surface area contributed by atoms with Gasteiger partial charge in [-0.2, -0.15) is 0 Å². The van der Waals surface area contributed by atoms with E-state index >= 15 is 0 Å². The van der Waals surface area contributed by atoms with E-state index in [-0.39, 0.29) is 5.91 Å². The van der Waals surface area contributed by atoms with Crippen molar-refractivity contribution >= 4 is 5.91 Å². The average Bonchev–Trinajstić information content (AvgIpc) is 2.60. The van der Waals surface area contributed by atoms with Gasteiger partial charge in [-0.05, 0) is 32.1 Å². The van der Waals surface area contributed by atoms with Crippen LogP contribution in [-0.4, -0.2) is 24.5 Å². The lowest BCUT2D eigenvalue weighted by molar-refractivity contribution is -0.121. The van der Waals surface area contributed by atoms with Crippen molar-refractivity contribution in [3.63, 3.8) is 0 Å². The van der Waals surface area contributed by atoms with Gasteiger partial charge in [-0.1, -0.05) is 12.8 Å². The molecular formula is C11H20N2O. The quantitative estimate of drug-likeness (QED) is 0.709. The highest BCUT2D eigenvalue weighted by Crippen LogP contribution is 2.18. The second-order valence-electron chi connectivity index (χ2n) is 4.56. The Bertz CT molecular complexity index is 195. The molecule has 0 bridgehead atoms. The van der Waals surface area contributed by atoms with E-state index in [0.717, 1.165) is 0 Å². The molecule has 0 aromatic heterocycles. The standard InChI is InChI=1S/C11H20N2O/c14-11(13-10-6-3-7-10)8-12-9-4-1-2-5-9/h9-10,12H,1-8H2,(H,13,14). The summed E-state index contributed by atoms with van der Waals surface area (Å²) in [7, 11) is 0. The van der Waals surface area contributed by atoms with Crippen LogP contribution in [0.2, 0.25) is 0 Å². The summed E-state index contributed by atoms with van der Waals surface area (Å²) in [6.45, 7) is 0.515. The molecule has 80 valence electrons. The minimum Gasteiger partial charge on any atom is -0.352 e. The van der Waals surface area contributed by atoms with Crippen LogP contribution in [0.25, 0.3) is 0 Å². The molecule has 0 saturated heterocycles. The van der Waals surface area contributed by atoms with E-state index in [1.165, 1.54) is 44.9 Å². The van der Waals surface area contributed by atoms with Crippen LogP contribution in [0.5, 0.6) is 0 Å². The lowest BCUT2D eigenvalue weighted by Gasteiger charge is -2.26. The second-order valence-corrected chi connectivity index (χ2v) is 4.56. The molecule has 14 heavy (non-hydrogen) atoms. The van der Waals surface area contributed by atoms with E-state index in [9.17, 15) is 4.79 Å². The summed E-state index contributed by atoms with van der Waals surface area (Å²) in [6, 6.07) is 1.08. The van der Waals surface area contributed by atoms with Gasteiger partial charge in [-0.3, -0.25) is 4.79 Å². The van der Waals surface area contributed by atoms with Crippen molar-refractivity contribution < 1.29 is 4.79 Å². The Hall–Kier alpha value is -0.570. The molecule has 0 spiro atoms. The molecule has 0 aromatic carbocycles. The van der Waals surface area contributed by atoms with Gasteiger partial charge in [0.1, 0.15) is 0 Å². The summed E-state index contributed by atoms with van der Waals surface area (Å²) >= 11 is 0. The largest absolute Gasteiger partial charge is 0.352 e. The summed E-state index contributed by atoms with van der Waals surface area (Å²) in [5.74, 6) is 0.182. The average molecular weight is 196 g/mol. The lowest BCUT2D eigenvalue weighted by Crippen LogP contribution is -2.45. The van der Waals surface area contributed by atoms with Crippen LogP contribution < -0.4 is 10.6 Å². The van der Waals surface area contributed by atoms with Gasteiger partial charge in [0.05, 0.1) is 6.54 Å². The Balaban J connectivity index is 1.57. The predicted octanol–water partition coefficient (Wildman–Crippen LogP) is 1.19. The highest BCUT2D eigenvalue weighted by atomic mass is 16.2. The van der Waals surface area contributed by atoms with Crippen LogP contribution in [0.3, 0.4) is 0 Å². The zero-order chi connectivity index (χ0) is 9.80. The van der Waals surface area contributed by atoms with Crippen LogP contribution in [0.1, 0.15) is 44.9 Å². The van der Waals surface area contributed by atoms with Crippen molar-refractivity contribution in [3.05, 3.63) is 0 Å². The first-order chi connectivity index (χ1) is 6.84.